The van der Waals surface area contributed by atoms with Crippen LogP contribution in [0.5, 0.6) is 5.75 Å². The van der Waals surface area contributed by atoms with Gasteiger partial charge in [0, 0.05) is 11.1 Å². The van der Waals surface area contributed by atoms with E-state index in [1.54, 1.807) is 25.1 Å². The maximum Gasteiger partial charge on any atom is 0.336 e. The molecule has 154 valence electrons. The summed E-state index contributed by atoms with van der Waals surface area (Å²) in [6, 6.07) is 7.56. The van der Waals surface area contributed by atoms with Crippen molar-refractivity contribution in [3.05, 3.63) is 52.6 Å². The van der Waals surface area contributed by atoms with E-state index in [2.05, 4.69) is 0 Å². The Morgan fingerprint density at radius 1 is 1.00 bits per heavy atom. The molecule has 0 saturated heterocycles. The third kappa shape index (κ3) is 4.76. The summed E-state index contributed by atoms with van der Waals surface area (Å²) in [5, 5.41) is 19.0. The Morgan fingerprint density at radius 3 is 2.24 bits per heavy atom. The number of hydrogen-bond acceptors (Lipinski definition) is 5. The predicted octanol–water partition coefficient (Wildman–Crippen LogP) is 3.49. The fourth-order valence-corrected chi connectivity index (χ4v) is 4.16. The molecule has 0 amide bonds. The number of benzene rings is 2. The van der Waals surface area contributed by atoms with Gasteiger partial charge in [0.1, 0.15) is 16.5 Å². The van der Waals surface area contributed by atoms with Crippen molar-refractivity contribution < 1.29 is 33.0 Å². The van der Waals surface area contributed by atoms with Crippen LogP contribution in [0, 0.1) is 6.92 Å². The summed E-state index contributed by atoms with van der Waals surface area (Å²) in [4.78, 5) is 23.3. The minimum atomic E-state index is -2.66. The van der Waals surface area contributed by atoms with Crippen molar-refractivity contribution in [3.63, 3.8) is 0 Å². The minimum absolute atomic E-state index is 0.0170. The molecule has 0 atom stereocenters. The zero-order chi connectivity index (χ0) is 21.1. The van der Waals surface area contributed by atoms with Gasteiger partial charge in [-0.15, -0.1) is 0 Å². The topological polar surface area (TPSA) is 118 Å². The van der Waals surface area contributed by atoms with Gasteiger partial charge in [-0.1, -0.05) is 6.07 Å². The van der Waals surface area contributed by atoms with E-state index in [0.29, 0.717) is 28.0 Å². The van der Waals surface area contributed by atoms with E-state index in [1.165, 1.54) is 6.07 Å². The van der Waals surface area contributed by atoms with Crippen LogP contribution in [-0.2, 0) is 16.5 Å². The number of carbonyl (C=O) groups is 2. The smallest absolute Gasteiger partial charge is 0.336 e. The first kappa shape index (κ1) is 20.9. The van der Waals surface area contributed by atoms with Crippen LogP contribution < -0.4 is 4.74 Å². The monoisotopic (exact) mass is 418 g/mol. The van der Waals surface area contributed by atoms with Crippen LogP contribution in [0.15, 0.2) is 30.3 Å². The second kappa shape index (κ2) is 8.65. The number of rotatable bonds is 7. The van der Waals surface area contributed by atoms with Crippen molar-refractivity contribution in [3.8, 4) is 16.9 Å². The average molecular weight is 418 g/mol. The molecule has 2 aromatic carbocycles. The standard InChI is InChI=1S/C21H22O7S/c1-12-8-16(18(21(24)25)10-15(12)20(22)23)17-9-13(11-29(26)27)6-7-19(17)28-14-4-2-3-5-14/h6-10,14,29H,2-5,11H2,1H3,(H,22,23)(H,24,25). The summed E-state index contributed by atoms with van der Waals surface area (Å²) in [6.07, 6.45) is 3.93. The van der Waals surface area contributed by atoms with Gasteiger partial charge >= 0.3 is 11.9 Å². The van der Waals surface area contributed by atoms with Crippen LogP contribution in [0.25, 0.3) is 11.1 Å². The van der Waals surface area contributed by atoms with Crippen LogP contribution >= 0.6 is 0 Å². The third-order valence-electron chi connectivity index (χ3n) is 5.07. The Kier molecular flexibility index (Phi) is 6.22. The zero-order valence-corrected chi connectivity index (χ0v) is 16.8. The van der Waals surface area contributed by atoms with E-state index in [-0.39, 0.29) is 23.0 Å². The van der Waals surface area contributed by atoms with Gasteiger partial charge in [-0.25, -0.2) is 18.0 Å². The molecule has 29 heavy (non-hydrogen) atoms. The molecule has 1 aliphatic rings. The Bertz CT molecular complexity index is 1030. The molecule has 0 heterocycles. The van der Waals surface area contributed by atoms with Gasteiger partial charge in [0.25, 0.3) is 0 Å². The highest BCUT2D eigenvalue weighted by Crippen LogP contribution is 2.37. The highest BCUT2D eigenvalue weighted by molar-refractivity contribution is 7.71. The highest BCUT2D eigenvalue weighted by Gasteiger charge is 2.23. The van der Waals surface area contributed by atoms with Gasteiger partial charge in [0.05, 0.1) is 23.0 Å². The fourth-order valence-electron chi connectivity index (χ4n) is 3.66. The fraction of sp³-hybridized carbons (Fsp3) is 0.333. The summed E-state index contributed by atoms with van der Waals surface area (Å²) < 4.78 is 28.5. The van der Waals surface area contributed by atoms with Crippen LogP contribution in [0.3, 0.4) is 0 Å². The van der Waals surface area contributed by atoms with Crippen molar-refractivity contribution >= 4 is 22.6 Å². The predicted molar refractivity (Wildman–Crippen MR) is 107 cm³/mol. The molecular formula is C21H22O7S. The van der Waals surface area contributed by atoms with Crippen molar-refractivity contribution in [1.29, 1.82) is 0 Å². The maximum absolute atomic E-state index is 11.9. The van der Waals surface area contributed by atoms with Gasteiger partial charge in [-0.05, 0) is 68.0 Å². The Balaban J connectivity index is 2.19. The minimum Gasteiger partial charge on any atom is -0.490 e. The molecule has 1 saturated carbocycles. The molecule has 2 aromatic rings. The lowest BCUT2D eigenvalue weighted by molar-refractivity contribution is 0.0695. The van der Waals surface area contributed by atoms with Crippen LogP contribution in [0.2, 0.25) is 0 Å². The quantitative estimate of drug-likeness (QED) is 0.589. The second-order valence-electron chi connectivity index (χ2n) is 7.17. The lowest BCUT2D eigenvalue weighted by Crippen LogP contribution is -2.12. The van der Waals surface area contributed by atoms with Crippen molar-refractivity contribution in [1.82, 2.24) is 0 Å². The molecule has 0 aromatic heterocycles. The SMILES string of the molecule is Cc1cc(-c2cc(C[SH](=O)=O)ccc2OC2CCCC2)c(C(=O)O)cc1C(=O)O. The first-order chi connectivity index (χ1) is 13.8. The molecule has 0 aliphatic heterocycles. The number of carboxylic acids is 2. The number of aryl methyl sites for hydroxylation is 1. The number of hydrogen-bond donors (Lipinski definition) is 3. The summed E-state index contributed by atoms with van der Waals surface area (Å²) >= 11 is 0. The summed E-state index contributed by atoms with van der Waals surface area (Å²) in [5.74, 6) is -2.20. The summed E-state index contributed by atoms with van der Waals surface area (Å²) in [7, 11) is -2.66. The molecule has 0 radical (unpaired) electrons. The normalized spacial score (nSPS) is 14.3. The van der Waals surface area contributed by atoms with Gasteiger partial charge < -0.3 is 14.9 Å². The number of ether oxygens (including phenoxy) is 1. The van der Waals surface area contributed by atoms with E-state index >= 15 is 0 Å². The van der Waals surface area contributed by atoms with Crippen LogP contribution in [-0.4, -0.2) is 36.7 Å². The van der Waals surface area contributed by atoms with Crippen molar-refractivity contribution in [2.24, 2.45) is 0 Å². The lowest BCUT2D eigenvalue weighted by Gasteiger charge is -2.19. The number of carboxylic acid groups (broad SMARTS) is 2. The molecule has 3 rings (SSSR count). The van der Waals surface area contributed by atoms with Crippen molar-refractivity contribution in [2.75, 3.05) is 0 Å². The number of thiol groups is 1. The Morgan fingerprint density at radius 2 is 1.66 bits per heavy atom. The van der Waals surface area contributed by atoms with E-state index < -0.39 is 22.6 Å². The summed E-state index contributed by atoms with van der Waals surface area (Å²) in [6.45, 7) is 1.59. The third-order valence-corrected chi connectivity index (χ3v) is 5.69. The molecule has 1 aliphatic carbocycles. The van der Waals surface area contributed by atoms with Gasteiger partial charge in [0.2, 0.25) is 0 Å². The molecule has 0 spiro atoms. The van der Waals surface area contributed by atoms with E-state index in [4.69, 9.17) is 4.74 Å². The Labute approximate surface area is 169 Å². The molecule has 8 heteroatoms. The largest absolute Gasteiger partial charge is 0.490 e. The molecule has 2 N–H and O–H groups in total. The van der Waals surface area contributed by atoms with Crippen LogP contribution in [0.4, 0.5) is 0 Å². The maximum atomic E-state index is 11.9. The van der Waals surface area contributed by atoms with Crippen molar-refractivity contribution in [2.45, 2.75) is 44.5 Å². The van der Waals surface area contributed by atoms with E-state index in [9.17, 15) is 28.2 Å². The molecule has 1 fully saturated rings. The first-order valence-corrected chi connectivity index (χ1v) is 10.7. The van der Waals surface area contributed by atoms with E-state index in [0.717, 1.165) is 31.7 Å². The highest BCUT2D eigenvalue weighted by atomic mass is 32.2. The summed E-state index contributed by atoms with van der Waals surface area (Å²) in [5.41, 5.74) is 1.40. The van der Waals surface area contributed by atoms with Gasteiger partial charge in [-0.3, -0.25) is 0 Å². The molecular weight excluding hydrogens is 396 g/mol. The first-order valence-electron chi connectivity index (χ1n) is 9.29. The van der Waals surface area contributed by atoms with Gasteiger partial charge in [0.15, 0.2) is 0 Å². The molecule has 0 unspecified atom stereocenters. The number of aromatic carboxylic acids is 2. The van der Waals surface area contributed by atoms with Crippen LogP contribution in [0.1, 0.15) is 57.5 Å². The lowest BCUT2D eigenvalue weighted by atomic mass is 9.92. The second-order valence-corrected chi connectivity index (χ2v) is 8.15. The molecule has 7 nitrogen and oxygen atoms in total. The van der Waals surface area contributed by atoms with E-state index in [1.807, 2.05) is 0 Å². The zero-order valence-electron chi connectivity index (χ0n) is 15.9. The average Bonchev–Trinajstić information content (AvgIpc) is 3.14. The Hall–Kier alpha value is -2.87. The molecule has 0 bridgehead atoms. The van der Waals surface area contributed by atoms with Gasteiger partial charge in [-0.2, -0.15) is 0 Å².